The Morgan fingerprint density at radius 1 is 1.35 bits per heavy atom. The molecule has 2 aromatic heterocycles. The molecule has 0 aliphatic heterocycles. The van der Waals surface area contributed by atoms with Gasteiger partial charge in [-0.05, 0) is 29.8 Å². The van der Waals surface area contributed by atoms with Gasteiger partial charge in [-0.15, -0.1) is 0 Å². The van der Waals surface area contributed by atoms with Crippen LogP contribution in [0.4, 0.5) is 5.69 Å². The van der Waals surface area contributed by atoms with E-state index in [1.54, 1.807) is 12.4 Å². The number of fused-ring (bicyclic) bond motifs is 1. The minimum Gasteiger partial charge on any atom is -0.381 e. The molecule has 4 N–H and O–H groups in total. The lowest BCUT2D eigenvalue weighted by Crippen LogP contribution is -2.11. The summed E-state index contributed by atoms with van der Waals surface area (Å²) in [7, 11) is 0. The summed E-state index contributed by atoms with van der Waals surface area (Å²) in [6, 6.07) is 9.52. The topological polar surface area (TPSA) is 96.7 Å². The molecule has 3 rings (SSSR count). The average Bonchev–Trinajstić information content (AvgIpc) is 2.89. The van der Waals surface area contributed by atoms with Gasteiger partial charge in [0, 0.05) is 30.0 Å². The molecule has 6 nitrogen and oxygen atoms in total. The fourth-order valence-corrected chi connectivity index (χ4v) is 2.02. The van der Waals surface area contributed by atoms with Crippen LogP contribution < -0.4 is 11.1 Å². The second-order valence-electron chi connectivity index (χ2n) is 4.41. The number of aromatic amines is 1. The molecular formula is C14H13N5O. The van der Waals surface area contributed by atoms with Crippen molar-refractivity contribution in [2.75, 3.05) is 5.32 Å². The molecule has 1 aromatic carbocycles. The third-order valence-corrected chi connectivity index (χ3v) is 3.02. The number of hydrogen-bond donors (Lipinski definition) is 3. The maximum absolute atomic E-state index is 11.3. The summed E-state index contributed by atoms with van der Waals surface area (Å²) in [5.74, 6) is -0.541. The number of amides is 1. The van der Waals surface area contributed by atoms with Gasteiger partial charge in [0.2, 0.25) is 0 Å². The summed E-state index contributed by atoms with van der Waals surface area (Å²) >= 11 is 0. The molecular weight excluding hydrogens is 254 g/mol. The number of rotatable bonds is 4. The molecule has 0 radical (unpaired) electrons. The van der Waals surface area contributed by atoms with E-state index in [-0.39, 0.29) is 5.69 Å². The minimum absolute atomic E-state index is 0.255. The number of nitrogens with zero attached hydrogens (tertiary/aromatic N) is 2. The molecule has 0 bridgehead atoms. The molecule has 0 aliphatic rings. The predicted molar refractivity (Wildman–Crippen MR) is 76.2 cm³/mol. The van der Waals surface area contributed by atoms with Crippen LogP contribution in [0.25, 0.3) is 10.9 Å². The van der Waals surface area contributed by atoms with Crippen LogP contribution in [0, 0.1) is 0 Å². The summed E-state index contributed by atoms with van der Waals surface area (Å²) in [5.41, 5.74) is 8.30. The van der Waals surface area contributed by atoms with E-state index in [4.69, 9.17) is 5.73 Å². The fourth-order valence-electron chi connectivity index (χ4n) is 2.02. The molecule has 0 fully saturated rings. The highest BCUT2D eigenvalue weighted by Gasteiger charge is 2.10. The van der Waals surface area contributed by atoms with E-state index in [2.05, 4.69) is 20.5 Å². The molecule has 0 saturated heterocycles. The third kappa shape index (κ3) is 2.31. The van der Waals surface area contributed by atoms with Crippen molar-refractivity contribution in [1.29, 1.82) is 0 Å². The summed E-state index contributed by atoms with van der Waals surface area (Å²) in [6.45, 7) is 0.656. The zero-order valence-electron chi connectivity index (χ0n) is 10.6. The van der Waals surface area contributed by atoms with Crippen molar-refractivity contribution in [2.45, 2.75) is 6.54 Å². The lowest BCUT2D eigenvalue weighted by molar-refractivity contribution is 0.0997. The van der Waals surface area contributed by atoms with E-state index in [9.17, 15) is 4.79 Å². The number of nitrogens with two attached hydrogens (primary N) is 1. The number of pyridine rings is 1. The van der Waals surface area contributed by atoms with Crippen LogP contribution in [0.2, 0.25) is 0 Å². The minimum atomic E-state index is -0.541. The molecule has 0 saturated carbocycles. The van der Waals surface area contributed by atoms with Crippen molar-refractivity contribution >= 4 is 22.5 Å². The Hall–Kier alpha value is -2.89. The standard InChI is InChI=1S/C14H13N5O/c15-14(20)13-11-6-10(3-4-12(11)18-19-13)17-8-9-2-1-5-16-7-9/h1-7,17H,8H2,(H2,15,20)(H,18,19). The van der Waals surface area contributed by atoms with Crippen LogP contribution in [-0.2, 0) is 6.54 Å². The van der Waals surface area contributed by atoms with E-state index in [1.165, 1.54) is 0 Å². The molecule has 1 amide bonds. The average molecular weight is 267 g/mol. The van der Waals surface area contributed by atoms with Crippen molar-refractivity contribution in [1.82, 2.24) is 15.2 Å². The van der Waals surface area contributed by atoms with Gasteiger partial charge in [-0.2, -0.15) is 5.10 Å². The zero-order chi connectivity index (χ0) is 13.9. The predicted octanol–water partition coefficient (Wildman–Crippen LogP) is 1.67. The Balaban J connectivity index is 1.85. The van der Waals surface area contributed by atoms with Crippen molar-refractivity contribution in [3.63, 3.8) is 0 Å². The summed E-state index contributed by atoms with van der Waals surface area (Å²) in [5, 5.41) is 10.7. The van der Waals surface area contributed by atoms with Gasteiger partial charge < -0.3 is 11.1 Å². The van der Waals surface area contributed by atoms with Crippen molar-refractivity contribution < 1.29 is 4.79 Å². The number of nitrogens with one attached hydrogen (secondary N) is 2. The summed E-state index contributed by atoms with van der Waals surface area (Å²) in [6.07, 6.45) is 3.54. The molecule has 2 heterocycles. The summed E-state index contributed by atoms with van der Waals surface area (Å²) in [4.78, 5) is 15.3. The van der Waals surface area contributed by atoms with Gasteiger partial charge in [0.1, 0.15) is 0 Å². The Morgan fingerprint density at radius 2 is 2.25 bits per heavy atom. The quantitative estimate of drug-likeness (QED) is 0.669. The zero-order valence-corrected chi connectivity index (χ0v) is 10.6. The number of primary amides is 1. The van der Waals surface area contributed by atoms with Gasteiger partial charge in [0.15, 0.2) is 5.69 Å². The largest absolute Gasteiger partial charge is 0.381 e. The molecule has 20 heavy (non-hydrogen) atoms. The number of carbonyl (C=O) groups excluding carboxylic acids is 1. The van der Waals surface area contributed by atoms with Gasteiger partial charge >= 0.3 is 0 Å². The first-order chi connectivity index (χ1) is 9.74. The highest BCUT2D eigenvalue weighted by Crippen LogP contribution is 2.20. The molecule has 0 atom stereocenters. The van der Waals surface area contributed by atoms with Gasteiger partial charge in [-0.3, -0.25) is 14.9 Å². The van der Waals surface area contributed by atoms with Crippen LogP contribution >= 0.6 is 0 Å². The first-order valence-electron chi connectivity index (χ1n) is 6.15. The third-order valence-electron chi connectivity index (χ3n) is 3.02. The smallest absolute Gasteiger partial charge is 0.269 e. The lowest BCUT2D eigenvalue weighted by atomic mass is 10.1. The van der Waals surface area contributed by atoms with Crippen LogP contribution in [0.5, 0.6) is 0 Å². The molecule has 3 aromatic rings. The van der Waals surface area contributed by atoms with E-state index in [1.807, 2.05) is 30.3 Å². The molecule has 100 valence electrons. The summed E-state index contributed by atoms with van der Waals surface area (Å²) < 4.78 is 0. The number of benzene rings is 1. The van der Waals surface area contributed by atoms with Crippen LogP contribution in [0.3, 0.4) is 0 Å². The second-order valence-corrected chi connectivity index (χ2v) is 4.41. The van der Waals surface area contributed by atoms with Gasteiger partial charge in [0.05, 0.1) is 5.52 Å². The van der Waals surface area contributed by atoms with E-state index in [0.29, 0.717) is 11.9 Å². The molecule has 6 heteroatoms. The van der Waals surface area contributed by atoms with Gasteiger partial charge in [-0.1, -0.05) is 6.07 Å². The molecule has 0 spiro atoms. The first-order valence-corrected chi connectivity index (χ1v) is 6.15. The van der Waals surface area contributed by atoms with E-state index < -0.39 is 5.91 Å². The Morgan fingerprint density at radius 3 is 3.00 bits per heavy atom. The highest BCUT2D eigenvalue weighted by molar-refractivity contribution is 6.04. The normalized spacial score (nSPS) is 10.6. The number of hydrogen-bond acceptors (Lipinski definition) is 4. The SMILES string of the molecule is NC(=O)c1n[nH]c2ccc(NCc3cccnc3)cc12. The number of aromatic nitrogens is 3. The highest BCUT2D eigenvalue weighted by atomic mass is 16.1. The number of H-pyrrole nitrogens is 1. The van der Waals surface area contributed by atoms with Crippen molar-refractivity contribution in [3.8, 4) is 0 Å². The van der Waals surface area contributed by atoms with E-state index >= 15 is 0 Å². The first kappa shape index (κ1) is 12.2. The van der Waals surface area contributed by atoms with Crippen molar-refractivity contribution in [2.24, 2.45) is 5.73 Å². The van der Waals surface area contributed by atoms with Crippen molar-refractivity contribution in [3.05, 3.63) is 54.0 Å². The molecule has 0 aliphatic carbocycles. The Kier molecular flexibility index (Phi) is 3.04. The fraction of sp³-hybridized carbons (Fsp3) is 0.0714. The maximum atomic E-state index is 11.3. The van der Waals surface area contributed by atoms with Gasteiger partial charge in [0.25, 0.3) is 5.91 Å². The van der Waals surface area contributed by atoms with Crippen LogP contribution in [0.1, 0.15) is 16.1 Å². The van der Waals surface area contributed by atoms with Crippen LogP contribution in [-0.4, -0.2) is 21.1 Å². The molecule has 0 unspecified atom stereocenters. The number of carbonyl (C=O) groups is 1. The van der Waals surface area contributed by atoms with Crippen LogP contribution in [0.15, 0.2) is 42.7 Å². The Labute approximate surface area is 115 Å². The maximum Gasteiger partial charge on any atom is 0.269 e. The number of anilines is 1. The monoisotopic (exact) mass is 267 g/mol. The van der Waals surface area contributed by atoms with E-state index in [0.717, 1.165) is 16.8 Å². The van der Waals surface area contributed by atoms with Gasteiger partial charge in [-0.25, -0.2) is 0 Å². The second kappa shape index (κ2) is 5.00. The Bertz CT molecular complexity index is 751. The lowest BCUT2D eigenvalue weighted by Gasteiger charge is -2.06.